The van der Waals surface area contributed by atoms with E-state index in [1.54, 1.807) is 18.2 Å². The third kappa shape index (κ3) is 4.59. The van der Waals surface area contributed by atoms with Gasteiger partial charge in [0.2, 0.25) is 0 Å². The van der Waals surface area contributed by atoms with Crippen molar-refractivity contribution in [2.45, 2.75) is 6.42 Å². The Morgan fingerprint density at radius 1 is 0.955 bits per heavy atom. The van der Waals surface area contributed by atoms with Crippen molar-refractivity contribution in [1.29, 1.82) is 0 Å². The van der Waals surface area contributed by atoms with Gasteiger partial charge >= 0.3 is 5.97 Å². The number of anilines is 1. The molecule has 0 unspecified atom stereocenters. The molecule has 0 aromatic heterocycles. The smallest absolute Gasteiger partial charge is 0.305 e. The molecule has 0 fully saturated rings. The molecule has 4 nitrogen and oxygen atoms in total. The average molecular weight is 295 g/mol. The van der Waals surface area contributed by atoms with Crippen LogP contribution in [0.25, 0.3) is 6.08 Å². The maximum Gasteiger partial charge on any atom is 0.305 e. The first-order valence-corrected chi connectivity index (χ1v) is 6.98. The number of benzene rings is 2. The van der Waals surface area contributed by atoms with Crippen LogP contribution in [0.1, 0.15) is 12.0 Å². The fourth-order valence-corrected chi connectivity index (χ4v) is 2.00. The monoisotopic (exact) mass is 295 g/mol. The predicted molar refractivity (Wildman–Crippen MR) is 86.5 cm³/mol. The number of hydrogen-bond acceptors (Lipinski definition) is 2. The minimum absolute atomic E-state index is 0.0974. The molecule has 1 amide bonds. The van der Waals surface area contributed by atoms with Crippen molar-refractivity contribution in [3.8, 4) is 0 Å². The second-order valence-corrected chi connectivity index (χ2v) is 4.71. The Labute approximate surface area is 129 Å². The van der Waals surface area contributed by atoms with Gasteiger partial charge in [-0.05, 0) is 23.8 Å². The topological polar surface area (TPSA) is 57.6 Å². The molecule has 112 valence electrons. The van der Waals surface area contributed by atoms with E-state index in [2.05, 4.69) is 0 Å². The minimum Gasteiger partial charge on any atom is -0.481 e. The summed E-state index contributed by atoms with van der Waals surface area (Å²) in [6, 6.07) is 18.5. The predicted octanol–water partition coefficient (Wildman–Crippen LogP) is 3.21. The number of hydrogen-bond donors (Lipinski definition) is 1. The molecule has 2 aromatic carbocycles. The van der Waals surface area contributed by atoms with Crippen LogP contribution in [0.2, 0.25) is 0 Å². The number of carbonyl (C=O) groups excluding carboxylic acids is 1. The fraction of sp³-hybridized carbons (Fsp3) is 0.111. The highest BCUT2D eigenvalue weighted by Gasteiger charge is 2.14. The number of carboxylic acids is 1. The lowest BCUT2D eigenvalue weighted by atomic mass is 10.2. The number of carboxylic acid groups (broad SMARTS) is 1. The molecule has 0 aliphatic rings. The van der Waals surface area contributed by atoms with Crippen molar-refractivity contribution >= 4 is 23.6 Å². The number of para-hydroxylation sites is 1. The zero-order valence-corrected chi connectivity index (χ0v) is 12.1. The van der Waals surface area contributed by atoms with E-state index < -0.39 is 5.97 Å². The fourth-order valence-electron chi connectivity index (χ4n) is 2.00. The largest absolute Gasteiger partial charge is 0.481 e. The normalized spacial score (nSPS) is 10.5. The number of rotatable bonds is 6. The summed E-state index contributed by atoms with van der Waals surface area (Å²) in [4.78, 5) is 24.6. The van der Waals surface area contributed by atoms with Crippen molar-refractivity contribution in [1.82, 2.24) is 0 Å². The molecule has 2 aromatic rings. The van der Waals surface area contributed by atoms with Gasteiger partial charge in [-0.25, -0.2) is 0 Å². The summed E-state index contributed by atoms with van der Waals surface area (Å²) >= 11 is 0. The van der Waals surface area contributed by atoms with Gasteiger partial charge in [0.25, 0.3) is 5.91 Å². The van der Waals surface area contributed by atoms with Gasteiger partial charge < -0.3 is 10.0 Å². The number of carbonyl (C=O) groups is 2. The van der Waals surface area contributed by atoms with E-state index in [1.807, 2.05) is 48.5 Å². The van der Waals surface area contributed by atoms with Gasteiger partial charge in [-0.1, -0.05) is 48.5 Å². The van der Waals surface area contributed by atoms with Crippen molar-refractivity contribution < 1.29 is 14.7 Å². The SMILES string of the molecule is O=C(O)CCN(C(=O)/C=C/c1ccccc1)c1ccccc1. The number of amides is 1. The Hall–Kier alpha value is -2.88. The molecule has 0 heterocycles. The van der Waals surface area contributed by atoms with Gasteiger partial charge in [0.1, 0.15) is 0 Å². The van der Waals surface area contributed by atoms with Gasteiger partial charge in [0, 0.05) is 18.3 Å². The maximum atomic E-state index is 12.4. The molecule has 2 rings (SSSR count). The van der Waals surface area contributed by atoms with Crippen LogP contribution in [0, 0.1) is 0 Å². The molecular weight excluding hydrogens is 278 g/mol. The van der Waals surface area contributed by atoms with Gasteiger partial charge in [-0.15, -0.1) is 0 Å². The van der Waals surface area contributed by atoms with E-state index >= 15 is 0 Å². The Morgan fingerprint density at radius 3 is 2.14 bits per heavy atom. The Morgan fingerprint density at radius 2 is 1.55 bits per heavy atom. The lowest BCUT2D eigenvalue weighted by molar-refractivity contribution is -0.136. The van der Waals surface area contributed by atoms with Crippen molar-refractivity contribution in [3.63, 3.8) is 0 Å². The molecule has 0 atom stereocenters. The Bertz CT molecular complexity index is 651. The Balaban J connectivity index is 2.15. The summed E-state index contributed by atoms with van der Waals surface area (Å²) in [6.45, 7) is 0.136. The van der Waals surface area contributed by atoms with Gasteiger partial charge in [-0.3, -0.25) is 9.59 Å². The first-order chi connectivity index (χ1) is 10.7. The van der Waals surface area contributed by atoms with Crippen LogP contribution in [-0.4, -0.2) is 23.5 Å². The van der Waals surface area contributed by atoms with Crippen LogP contribution in [0.3, 0.4) is 0 Å². The summed E-state index contributed by atoms with van der Waals surface area (Å²) in [6.07, 6.45) is 3.09. The minimum atomic E-state index is -0.930. The third-order valence-corrected chi connectivity index (χ3v) is 3.10. The second-order valence-electron chi connectivity index (χ2n) is 4.71. The van der Waals surface area contributed by atoms with Gasteiger partial charge in [-0.2, -0.15) is 0 Å². The summed E-state index contributed by atoms with van der Waals surface area (Å²) in [5.41, 5.74) is 1.61. The van der Waals surface area contributed by atoms with Gasteiger partial charge in [0.05, 0.1) is 6.42 Å². The first-order valence-electron chi connectivity index (χ1n) is 6.98. The highest BCUT2D eigenvalue weighted by atomic mass is 16.4. The molecule has 0 bridgehead atoms. The quantitative estimate of drug-likeness (QED) is 0.833. The third-order valence-electron chi connectivity index (χ3n) is 3.10. The number of nitrogens with zero attached hydrogens (tertiary/aromatic N) is 1. The zero-order valence-electron chi connectivity index (χ0n) is 12.1. The molecule has 0 saturated carbocycles. The molecule has 22 heavy (non-hydrogen) atoms. The summed E-state index contributed by atoms with van der Waals surface area (Å²) in [5.74, 6) is -1.17. The number of aliphatic carboxylic acids is 1. The maximum absolute atomic E-state index is 12.4. The highest BCUT2D eigenvalue weighted by molar-refractivity contribution is 6.04. The Kier molecular flexibility index (Phi) is 5.49. The molecule has 0 saturated heterocycles. The van der Waals surface area contributed by atoms with E-state index in [9.17, 15) is 9.59 Å². The standard InChI is InChI=1S/C18H17NO3/c20-17(12-11-15-7-3-1-4-8-15)19(14-13-18(21)22)16-9-5-2-6-10-16/h1-12H,13-14H2,(H,21,22)/b12-11+. The van der Waals surface area contributed by atoms with Crippen LogP contribution in [-0.2, 0) is 9.59 Å². The highest BCUT2D eigenvalue weighted by Crippen LogP contribution is 2.15. The zero-order chi connectivity index (χ0) is 15.8. The van der Waals surface area contributed by atoms with Crippen LogP contribution in [0.15, 0.2) is 66.7 Å². The van der Waals surface area contributed by atoms with Crippen molar-refractivity contribution in [2.75, 3.05) is 11.4 Å². The molecule has 0 aliphatic heterocycles. The molecule has 4 heteroatoms. The van der Waals surface area contributed by atoms with E-state index in [0.29, 0.717) is 5.69 Å². The first kappa shape index (κ1) is 15.5. The molecular formula is C18H17NO3. The average Bonchev–Trinajstić information content (AvgIpc) is 2.55. The molecule has 0 spiro atoms. The summed E-state index contributed by atoms with van der Waals surface area (Å²) < 4.78 is 0. The lowest BCUT2D eigenvalue weighted by Gasteiger charge is -2.20. The summed E-state index contributed by atoms with van der Waals surface area (Å²) in [5, 5.41) is 8.84. The van der Waals surface area contributed by atoms with Crippen LogP contribution < -0.4 is 4.90 Å². The van der Waals surface area contributed by atoms with E-state index in [4.69, 9.17) is 5.11 Å². The summed E-state index contributed by atoms with van der Waals surface area (Å²) in [7, 11) is 0. The second kappa shape index (κ2) is 7.78. The van der Waals surface area contributed by atoms with E-state index in [1.165, 1.54) is 11.0 Å². The van der Waals surface area contributed by atoms with Crippen LogP contribution in [0.4, 0.5) is 5.69 Å². The van der Waals surface area contributed by atoms with E-state index in [-0.39, 0.29) is 18.9 Å². The molecule has 1 N–H and O–H groups in total. The molecule has 0 aliphatic carbocycles. The van der Waals surface area contributed by atoms with E-state index in [0.717, 1.165) is 5.56 Å². The van der Waals surface area contributed by atoms with Gasteiger partial charge in [0.15, 0.2) is 0 Å². The molecule has 0 radical (unpaired) electrons. The van der Waals surface area contributed by atoms with Crippen molar-refractivity contribution in [2.24, 2.45) is 0 Å². The lowest BCUT2D eigenvalue weighted by Crippen LogP contribution is -2.31. The van der Waals surface area contributed by atoms with Crippen LogP contribution >= 0.6 is 0 Å². The van der Waals surface area contributed by atoms with Crippen molar-refractivity contribution in [3.05, 3.63) is 72.3 Å². The van der Waals surface area contributed by atoms with Crippen LogP contribution in [0.5, 0.6) is 0 Å².